The molecule has 0 heterocycles. The highest BCUT2D eigenvalue weighted by molar-refractivity contribution is 6.68. The summed E-state index contributed by atoms with van der Waals surface area (Å²) in [6.07, 6.45) is -4.69. The van der Waals surface area contributed by atoms with Crippen molar-refractivity contribution in [3.05, 3.63) is 28.8 Å². The topological polar surface area (TPSA) is 50.1 Å². The molecular formula is C10H5ClF3NO2. The summed E-state index contributed by atoms with van der Waals surface area (Å²) in [6, 6.07) is 2.92. The Morgan fingerprint density at radius 1 is 1.47 bits per heavy atom. The van der Waals surface area contributed by atoms with Crippen LogP contribution in [-0.4, -0.2) is 12.4 Å². The molecule has 0 spiro atoms. The molecule has 0 aliphatic carbocycles. The van der Waals surface area contributed by atoms with Crippen molar-refractivity contribution in [2.75, 3.05) is 7.11 Å². The highest BCUT2D eigenvalue weighted by Crippen LogP contribution is 2.38. The Bertz CT molecular complexity index is 505. The van der Waals surface area contributed by atoms with E-state index in [0.29, 0.717) is 6.07 Å². The fourth-order valence-corrected chi connectivity index (χ4v) is 1.38. The normalized spacial score (nSPS) is 10.8. The number of methoxy groups -OCH3 is 1. The van der Waals surface area contributed by atoms with Crippen LogP contribution in [-0.2, 0) is 6.18 Å². The van der Waals surface area contributed by atoms with E-state index in [2.05, 4.69) is 4.74 Å². The predicted octanol–water partition coefficient (Wildman–Crippen LogP) is 2.96. The number of hydrogen-bond acceptors (Lipinski definition) is 3. The molecule has 0 aliphatic rings. The standard InChI is InChI=1S/C10H5ClF3NO2/c1-17-8-2-5(4-15)6(9(11)16)3-7(8)10(12,13)14/h2-3H,1H3. The van der Waals surface area contributed by atoms with Crippen molar-refractivity contribution in [1.82, 2.24) is 0 Å². The molecule has 17 heavy (non-hydrogen) atoms. The summed E-state index contributed by atoms with van der Waals surface area (Å²) in [5.74, 6) is -0.532. The molecule has 0 saturated carbocycles. The number of nitriles is 1. The Morgan fingerprint density at radius 3 is 2.41 bits per heavy atom. The van der Waals surface area contributed by atoms with Crippen LogP contribution in [0.15, 0.2) is 12.1 Å². The van der Waals surface area contributed by atoms with Gasteiger partial charge >= 0.3 is 6.18 Å². The molecule has 90 valence electrons. The van der Waals surface area contributed by atoms with E-state index in [4.69, 9.17) is 16.9 Å². The van der Waals surface area contributed by atoms with Gasteiger partial charge < -0.3 is 4.74 Å². The van der Waals surface area contributed by atoms with Crippen molar-refractivity contribution in [2.24, 2.45) is 0 Å². The van der Waals surface area contributed by atoms with Crippen LogP contribution >= 0.6 is 11.6 Å². The first-order chi connectivity index (χ1) is 7.81. The third kappa shape index (κ3) is 2.68. The van der Waals surface area contributed by atoms with Crippen LogP contribution < -0.4 is 4.74 Å². The Morgan fingerprint density at radius 2 is 2.06 bits per heavy atom. The number of halogens is 4. The van der Waals surface area contributed by atoms with Gasteiger partial charge in [-0.15, -0.1) is 0 Å². The fourth-order valence-electron chi connectivity index (χ4n) is 1.23. The quantitative estimate of drug-likeness (QED) is 0.771. The first-order valence-corrected chi connectivity index (χ1v) is 4.58. The van der Waals surface area contributed by atoms with Crippen molar-refractivity contribution in [2.45, 2.75) is 6.18 Å². The zero-order valence-electron chi connectivity index (χ0n) is 8.43. The van der Waals surface area contributed by atoms with Crippen molar-refractivity contribution < 1.29 is 22.7 Å². The van der Waals surface area contributed by atoms with Crippen molar-refractivity contribution in [3.63, 3.8) is 0 Å². The van der Waals surface area contributed by atoms with Gasteiger partial charge in [-0.05, 0) is 23.7 Å². The number of carbonyl (C=O) groups is 1. The fraction of sp³-hybridized carbons (Fsp3) is 0.200. The number of nitrogens with zero attached hydrogens (tertiary/aromatic N) is 1. The van der Waals surface area contributed by atoms with Crippen molar-refractivity contribution in [1.29, 1.82) is 5.26 Å². The minimum atomic E-state index is -4.69. The predicted molar refractivity (Wildman–Crippen MR) is 52.9 cm³/mol. The number of rotatable bonds is 2. The lowest BCUT2D eigenvalue weighted by molar-refractivity contribution is -0.138. The van der Waals surface area contributed by atoms with Gasteiger partial charge in [-0.1, -0.05) is 0 Å². The van der Waals surface area contributed by atoms with Gasteiger partial charge in [0.25, 0.3) is 5.24 Å². The smallest absolute Gasteiger partial charge is 0.419 e. The van der Waals surface area contributed by atoms with E-state index in [1.54, 1.807) is 6.07 Å². The Hall–Kier alpha value is -1.74. The SMILES string of the molecule is COc1cc(C#N)c(C(=O)Cl)cc1C(F)(F)F. The molecule has 7 heteroatoms. The molecule has 0 amide bonds. The van der Waals surface area contributed by atoms with Crippen molar-refractivity contribution in [3.8, 4) is 11.8 Å². The summed E-state index contributed by atoms with van der Waals surface area (Å²) in [7, 11) is 1.04. The monoisotopic (exact) mass is 263 g/mol. The van der Waals surface area contributed by atoms with Crippen LogP contribution in [0.5, 0.6) is 5.75 Å². The molecule has 0 bridgehead atoms. The van der Waals surface area contributed by atoms with Gasteiger partial charge in [0.1, 0.15) is 11.8 Å². The zero-order valence-corrected chi connectivity index (χ0v) is 9.19. The lowest BCUT2D eigenvalue weighted by atomic mass is 10.0. The lowest BCUT2D eigenvalue weighted by Gasteiger charge is -2.13. The molecule has 0 N–H and O–H groups in total. The minimum Gasteiger partial charge on any atom is -0.496 e. The maximum atomic E-state index is 12.6. The molecule has 0 fully saturated rings. The second kappa shape index (κ2) is 4.63. The molecule has 0 aromatic heterocycles. The molecule has 0 atom stereocenters. The maximum Gasteiger partial charge on any atom is 0.419 e. The second-order valence-electron chi connectivity index (χ2n) is 2.98. The van der Waals surface area contributed by atoms with E-state index in [0.717, 1.165) is 13.2 Å². The molecule has 0 unspecified atom stereocenters. The molecule has 0 saturated heterocycles. The Labute approximate surface area is 99.4 Å². The van der Waals surface area contributed by atoms with Gasteiger partial charge in [0.05, 0.1) is 23.8 Å². The van der Waals surface area contributed by atoms with Crippen LogP contribution in [0.25, 0.3) is 0 Å². The molecular weight excluding hydrogens is 259 g/mol. The van der Waals surface area contributed by atoms with Crippen LogP contribution in [0, 0.1) is 11.3 Å². The van der Waals surface area contributed by atoms with E-state index in [1.165, 1.54) is 0 Å². The summed E-state index contributed by atoms with van der Waals surface area (Å²) in [5.41, 5.74) is -1.92. The van der Waals surface area contributed by atoms with Crippen LogP contribution in [0.1, 0.15) is 21.5 Å². The molecule has 0 radical (unpaired) electrons. The van der Waals surface area contributed by atoms with Gasteiger partial charge in [0.2, 0.25) is 0 Å². The number of hydrogen-bond donors (Lipinski definition) is 0. The summed E-state index contributed by atoms with van der Waals surface area (Å²) < 4.78 is 42.3. The average Bonchev–Trinajstić information content (AvgIpc) is 2.25. The summed E-state index contributed by atoms with van der Waals surface area (Å²) in [5, 5.41) is 7.55. The first-order valence-electron chi connectivity index (χ1n) is 4.20. The van der Waals surface area contributed by atoms with Crippen LogP contribution in [0.2, 0.25) is 0 Å². The van der Waals surface area contributed by atoms with E-state index in [-0.39, 0.29) is 5.56 Å². The van der Waals surface area contributed by atoms with E-state index >= 15 is 0 Å². The first kappa shape index (κ1) is 13.3. The highest BCUT2D eigenvalue weighted by atomic mass is 35.5. The average molecular weight is 264 g/mol. The molecule has 3 nitrogen and oxygen atoms in total. The lowest BCUT2D eigenvalue weighted by Crippen LogP contribution is -2.10. The van der Waals surface area contributed by atoms with E-state index < -0.39 is 28.3 Å². The van der Waals surface area contributed by atoms with E-state index in [1.807, 2.05) is 0 Å². The summed E-state index contributed by atoms with van der Waals surface area (Å²) in [4.78, 5) is 10.9. The van der Waals surface area contributed by atoms with Gasteiger partial charge in [0, 0.05) is 0 Å². The molecule has 1 rings (SSSR count). The number of ether oxygens (including phenoxy) is 1. The van der Waals surface area contributed by atoms with Gasteiger partial charge in [-0.25, -0.2) is 0 Å². The number of benzene rings is 1. The summed E-state index contributed by atoms with van der Waals surface area (Å²) in [6.45, 7) is 0. The van der Waals surface area contributed by atoms with Crippen molar-refractivity contribution >= 4 is 16.8 Å². The number of alkyl halides is 3. The van der Waals surface area contributed by atoms with Gasteiger partial charge in [-0.2, -0.15) is 18.4 Å². The van der Waals surface area contributed by atoms with Gasteiger partial charge in [0.15, 0.2) is 0 Å². The summed E-state index contributed by atoms with van der Waals surface area (Å²) >= 11 is 5.11. The molecule has 1 aromatic carbocycles. The maximum absolute atomic E-state index is 12.6. The zero-order chi connectivity index (χ0) is 13.2. The third-order valence-electron chi connectivity index (χ3n) is 1.98. The Kier molecular flexibility index (Phi) is 3.63. The largest absolute Gasteiger partial charge is 0.496 e. The minimum absolute atomic E-state index is 0.269. The van der Waals surface area contributed by atoms with E-state index in [9.17, 15) is 18.0 Å². The van der Waals surface area contributed by atoms with Gasteiger partial charge in [-0.3, -0.25) is 4.79 Å². The number of carbonyl (C=O) groups excluding carboxylic acids is 1. The second-order valence-corrected chi connectivity index (χ2v) is 3.32. The molecule has 0 aliphatic heterocycles. The van der Waals surface area contributed by atoms with Crippen LogP contribution in [0.3, 0.4) is 0 Å². The third-order valence-corrected chi connectivity index (χ3v) is 2.18. The molecule has 1 aromatic rings. The Balaban J connectivity index is 3.58. The highest BCUT2D eigenvalue weighted by Gasteiger charge is 2.35. The van der Waals surface area contributed by atoms with Crippen LogP contribution in [0.4, 0.5) is 13.2 Å².